The lowest BCUT2D eigenvalue weighted by Crippen LogP contribution is -2.50. The number of aromatic nitrogens is 4. The Bertz CT molecular complexity index is 1480. The molecule has 6 rings (SSSR count). The molecular formula is C26H28ClFN10O. The van der Waals surface area contributed by atoms with Gasteiger partial charge < -0.3 is 25.5 Å². The van der Waals surface area contributed by atoms with Gasteiger partial charge in [0.15, 0.2) is 5.82 Å². The average molecular weight is 551 g/mol. The fraction of sp³-hybridized carbons (Fsp3) is 0.500. The molecule has 4 heterocycles. The third-order valence-electron chi connectivity index (χ3n) is 7.75. The summed E-state index contributed by atoms with van der Waals surface area (Å²) >= 11 is 6.94. The number of hydrogen-bond donors (Lipinski definition) is 3. The molecule has 13 heteroatoms. The number of nitrogens with one attached hydrogen (secondary N) is 2. The summed E-state index contributed by atoms with van der Waals surface area (Å²) < 4.78 is 14.4. The maximum Gasteiger partial charge on any atom is 0.275 e. The van der Waals surface area contributed by atoms with E-state index in [-0.39, 0.29) is 17.8 Å². The number of aliphatic hydroxyl groups excluding tert-OH is 1. The van der Waals surface area contributed by atoms with Crippen molar-refractivity contribution in [3.63, 3.8) is 0 Å². The highest BCUT2D eigenvalue weighted by molar-refractivity contribution is 6.36. The zero-order chi connectivity index (χ0) is 27.1. The Labute approximate surface area is 230 Å². The van der Waals surface area contributed by atoms with Crippen LogP contribution in [0.2, 0.25) is 5.02 Å². The SMILES string of the molecule is [C-]#[N+]c1cnc2c(NC3CC3)nc(Nc3cc(C#N)cc(N4CCC5CCN(CC(O)CF)C5C4)c3Cl)nn12. The molecule has 0 radical (unpaired) electrons. The van der Waals surface area contributed by atoms with Gasteiger partial charge >= 0.3 is 0 Å². The van der Waals surface area contributed by atoms with Crippen LogP contribution in [0.3, 0.4) is 0 Å². The van der Waals surface area contributed by atoms with E-state index in [9.17, 15) is 14.8 Å². The summed E-state index contributed by atoms with van der Waals surface area (Å²) in [7, 11) is 0. The van der Waals surface area contributed by atoms with Crippen molar-refractivity contribution in [3.8, 4) is 6.07 Å². The quantitative estimate of drug-likeness (QED) is 0.360. The number of nitrogens with zero attached hydrogens (tertiary/aromatic N) is 8. The Kier molecular flexibility index (Phi) is 6.85. The smallest absolute Gasteiger partial charge is 0.275 e. The molecule has 1 aromatic carbocycles. The second-order valence-electron chi connectivity index (χ2n) is 10.4. The van der Waals surface area contributed by atoms with Crippen molar-refractivity contribution in [2.75, 3.05) is 48.4 Å². The number of benzene rings is 1. The predicted molar refractivity (Wildman–Crippen MR) is 145 cm³/mol. The standard InChI is InChI=1S/C26H28ClFN10O/c1-30-22-12-31-25-24(32-17-2-3-17)34-26(35-38(22)25)33-19-8-15(11-29)9-20(23(19)27)37-7-5-16-4-6-36(21(16)14-37)13-18(39)10-28/h8-9,12,16-18,21,39H,2-7,10,13-14H2,(H2,32,33,34,35). The van der Waals surface area contributed by atoms with Crippen LogP contribution in [0.5, 0.6) is 0 Å². The summed E-state index contributed by atoms with van der Waals surface area (Å²) in [6.45, 7) is 9.28. The van der Waals surface area contributed by atoms with Gasteiger partial charge in [0, 0.05) is 31.7 Å². The minimum absolute atomic E-state index is 0.174. The first-order valence-corrected chi connectivity index (χ1v) is 13.5. The van der Waals surface area contributed by atoms with Crippen LogP contribution in [0, 0.1) is 23.8 Å². The van der Waals surface area contributed by atoms with Crippen molar-refractivity contribution in [1.29, 1.82) is 5.26 Å². The first-order chi connectivity index (χ1) is 19.0. The van der Waals surface area contributed by atoms with Gasteiger partial charge in [-0.25, -0.2) is 9.37 Å². The molecule has 1 saturated carbocycles. The van der Waals surface area contributed by atoms with Crippen LogP contribution < -0.4 is 15.5 Å². The number of aliphatic hydroxyl groups is 1. The normalized spacial score (nSPS) is 21.8. The van der Waals surface area contributed by atoms with Crippen molar-refractivity contribution in [1.82, 2.24) is 24.5 Å². The number of imidazole rings is 1. The van der Waals surface area contributed by atoms with Crippen LogP contribution in [0.4, 0.5) is 33.3 Å². The van der Waals surface area contributed by atoms with E-state index >= 15 is 0 Å². The Morgan fingerprint density at radius 3 is 2.85 bits per heavy atom. The summed E-state index contributed by atoms with van der Waals surface area (Å²) in [5, 5.41) is 31.1. The Hall–Kier alpha value is -3.71. The van der Waals surface area contributed by atoms with E-state index < -0.39 is 12.8 Å². The molecule has 1 aliphatic carbocycles. The van der Waals surface area contributed by atoms with Gasteiger partial charge in [-0.15, -0.1) is 4.52 Å². The summed E-state index contributed by atoms with van der Waals surface area (Å²) in [6, 6.07) is 6.14. The summed E-state index contributed by atoms with van der Waals surface area (Å²) in [6.07, 6.45) is 4.51. The van der Waals surface area contributed by atoms with Crippen LogP contribution in [-0.2, 0) is 0 Å². The molecule has 3 atom stereocenters. The number of rotatable bonds is 8. The van der Waals surface area contributed by atoms with Gasteiger partial charge in [0.05, 0.1) is 40.3 Å². The monoisotopic (exact) mass is 550 g/mol. The number of alkyl halides is 1. The van der Waals surface area contributed by atoms with Crippen molar-refractivity contribution in [2.45, 2.75) is 43.9 Å². The molecule has 0 spiro atoms. The Morgan fingerprint density at radius 2 is 2.10 bits per heavy atom. The fourth-order valence-corrected chi connectivity index (χ4v) is 5.90. The number of β-amino-alcohol motifs (C(OH)–C–C–N with tert-alkyl or cyclic N) is 1. The lowest BCUT2D eigenvalue weighted by Gasteiger charge is -2.40. The van der Waals surface area contributed by atoms with E-state index in [0.29, 0.717) is 52.8 Å². The topological polar surface area (TPSA) is 122 Å². The second kappa shape index (κ2) is 10.5. The number of hydrogen-bond acceptors (Lipinski definition) is 9. The highest BCUT2D eigenvalue weighted by Crippen LogP contribution is 2.40. The Balaban J connectivity index is 1.31. The summed E-state index contributed by atoms with van der Waals surface area (Å²) in [4.78, 5) is 16.8. The highest BCUT2D eigenvalue weighted by atomic mass is 35.5. The van der Waals surface area contributed by atoms with Crippen molar-refractivity contribution in [3.05, 3.63) is 40.3 Å². The molecule has 202 valence electrons. The van der Waals surface area contributed by atoms with Crippen molar-refractivity contribution < 1.29 is 9.50 Å². The zero-order valence-electron chi connectivity index (χ0n) is 21.2. The molecule has 39 heavy (non-hydrogen) atoms. The molecule has 3 aliphatic rings. The van der Waals surface area contributed by atoms with E-state index in [4.69, 9.17) is 18.2 Å². The number of nitriles is 1. The van der Waals surface area contributed by atoms with Crippen LogP contribution >= 0.6 is 11.6 Å². The summed E-state index contributed by atoms with van der Waals surface area (Å²) in [5.41, 5.74) is 2.09. The van der Waals surface area contributed by atoms with Crippen LogP contribution in [0.25, 0.3) is 10.5 Å². The molecule has 3 unspecified atom stereocenters. The molecule has 0 bridgehead atoms. The molecule has 2 aromatic heterocycles. The number of likely N-dealkylation sites (tertiary alicyclic amines) is 1. The van der Waals surface area contributed by atoms with Crippen LogP contribution in [0.1, 0.15) is 31.2 Å². The van der Waals surface area contributed by atoms with Crippen molar-refractivity contribution >= 4 is 46.2 Å². The zero-order valence-corrected chi connectivity index (χ0v) is 21.9. The minimum Gasteiger partial charge on any atom is -0.389 e. The molecule has 2 saturated heterocycles. The number of anilines is 4. The van der Waals surface area contributed by atoms with Gasteiger partial charge in [-0.1, -0.05) is 23.3 Å². The number of piperidine rings is 1. The Morgan fingerprint density at radius 1 is 1.28 bits per heavy atom. The summed E-state index contributed by atoms with van der Waals surface area (Å²) in [5.74, 6) is 1.48. The predicted octanol–water partition coefficient (Wildman–Crippen LogP) is 3.75. The highest BCUT2D eigenvalue weighted by Gasteiger charge is 2.39. The fourth-order valence-electron chi connectivity index (χ4n) is 5.63. The van der Waals surface area contributed by atoms with Gasteiger partial charge in [0.25, 0.3) is 17.4 Å². The van der Waals surface area contributed by atoms with Gasteiger partial charge in [-0.05, 0) is 50.3 Å². The van der Waals surface area contributed by atoms with Crippen LogP contribution in [-0.4, -0.2) is 80.6 Å². The van der Waals surface area contributed by atoms with E-state index in [1.54, 1.807) is 12.1 Å². The molecular weight excluding hydrogens is 523 g/mol. The molecule has 3 fully saturated rings. The lowest BCUT2D eigenvalue weighted by molar-refractivity contribution is 0.0778. The third-order valence-corrected chi connectivity index (χ3v) is 8.14. The van der Waals surface area contributed by atoms with Gasteiger partial charge in [0.2, 0.25) is 0 Å². The third kappa shape index (κ3) is 5.03. The van der Waals surface area contributed by atoms with Gasteiger partial charge in [-0.2, -0.15) is 10.2 Å². The first-order valence-electron chi connectivity index (χ1n) is 13.1. The second-order valence-corrected chi connectivity index (χ2v) is 10.8. The van der Waals surface area contributed by atoms with E-state index in [1.165, 1.54) is 10.7 Å². The largest absolute Gasteiger partial charge is 0.389 e. The van der Waals surface area contributed by atoms with E-state index in [2.05, 4.69) is 46.4 Å². The maximum absolute atomic E-state index is 13.0. The average Bonchev–Trinajstić information content (AvgIpc) is 3.53. The minimum atomic E-state index is -0.990. The maximum atomic E-state index is 13.0. The van der Waals surface area contributed by atoms with E-state index in [1.807, 2.05) is 0 Å². The molecule has 3 N–H and O–H groups in total. The van der Waals surface area contributed by atoms with E-state index in [0.717, 1.165) is 44.5 Å². The molecule has 3 aromatic rings. The van der Waals surface area contributed by atoms with Gasteiger partial charge in [0.1, 0.15) is 6.67 Å². The van der Waals surface area contributed by atoms with Crippen LogP contribution in [0.15, 0.2) is 18.3 Å². The number of halogens is 2. The molecule has 2 aliphatic heterocycles. The number of fused-ring (bicyclic) bond motifs is 2. The molecule has 0 amide bonds. The molecule has 11 nitrogen and oxygen atoms in total. The lowest BCUT2D eigenvalue weighted by atomic mass is 9.91. The first kappa shape index (κ1) is 25.6. The van der Waals surface area contributed by atoms with Crippen molar-refractivity contribution in [2.24, 2.45) is 5.92 Å². The van der Waals surface area contributed by atoms with Gasteiger partial charge in [-0.3, -0.25) is 4.90 Å².